The van der Waals surface area contributed by atoms with E-state index in [2.05, 4.69) is 20.8 Å². The maximum Gasteiger partial charge on any atom is 0.508 e. The molecule has 3 nitrogen and oxygen atoms in total. The number of hydrogen-bond acceptors (Lipinski definition) is 3. The average molecular weight is 242 g/mol. The summed E-state index contributed by atoms with van der Waals surface area (Å²) in [5.74, 6) is 1.70. The fraction of sp³-hybridized carbons (Fsp3) is 0.929. The van der Waals surface area contributed by atoms with Crippen molar-refractivity contribution in [3.63, 3.8) is 0 Å². The lowest BCUT2D eigenvalue weighted by atomic mass is 9.75. The van der Waals surface area contributed by atoms with Crippen molar-refractivity contribution in [1.82, 2.24) is 0 Å². The molecule has 0 aliphatic heterocycles. The number of rotatable bonds is 4. The van der Waals surface area contributed by atoms with Crippen LogP contribution in [0.15, 0.2) is 0 Å². The lowest BCUT2D eigenvalue weighted by Crippen LogP contribution is -2.36. The van der Waals surface area contributed by atoms with E-state index in [9.17, 15) is 4.79 Å². The van der Waals surface area contributed by atoms with Crippen LogP contribution < -0.4 is 0 Å². The molecule has 3 heteroatoms. The normalized spacial score (nSPS) is 29.1. The zero-order valence-corrected chi connectivity index (χ0v) is 11.6. The van der Waals surface area contributed by atoms with Crippen LogP contribution in [0.4, 0.5) is 4.79 Å². The molecular weight excluding hydrogens is 216 g/mol. The van der Waals surface area contributed by atoms with E-state index in [1.165, 1.54) is 6.42 Å². The topological polar surface area (TPSA) is 35.5 Å². The van der Waals surface area contributed by atoms with Crippen molar-refractivity contribution < 1.29 is 14.3 Å². The van der Waals surface area contributed by atoms with Crippen LogP contribution in [0.2, 0.25) is 0 Å². The molecule has 0 spiro atoms. The summed E-state index contributed by atoms with van der Waals surface area (Å²) in [6, 6.07) is 0. The Hall–Kier alpha value is -0.730. The third-order valence-electron chi connectivity index (χ3n) is 3.63. The van der Waals surface area contributed by atoms with Crippen LogP contribution in [0.3, 0.4) is 0 Å². The number of carbonyl (C=O) groups is 1. The minimum atomic E-state index is -0.489. The lowest BCUT2D eigenvalue weighted by Gasteiger charge is -2.36. The Morgan fingerprint density at radius 2 is 2.06 bits per heavy atom. The summed E-state index contributed by atoms with van der Waals surface area (Å²) in [5.41, 5.74) is 0. The molecule has 3 atom stereocenters. The van der Waals surface area contributed by atoms with Crippen LogP contribution in [0.25, 0.3) is 0 Å². The molecule has 17 heavy (non-hydrogen) atoms. The van der Waals surface area contributed by atoms with Gasteiger partial charge in [0.1, 0.15) is 6.10 Å². The van der Waals surface area contributed by atoms with Gasteiger partial charge in [-0.15, -0.1) is 0 Å². The Morgan fingerprint density at radius 3 is 2.65 bits per heavy atom. The quantitative estimate of drug-likeness (QED) is 0.699. The molecule has 0 radical (unpaired) electrons. The average Bonchev–Trinajstić information content (AvgIpc) is 2.26. The van der Waals surface area contributed by atoms with Gasteiger partial charge in [-0.2, -0.15) is 0 Å². The molecule has 1 aliphatic carbocycles. The summed E-state index contributed by atoms with van der Waals surface area (Å²) >= 11 is 0. The van der Waals surface area contributed by atoms with Gasteiger partial charge in [-0.1, -0.05) is 34.1 Å². The van der Waals surface area contributed by atoms with Crippen molar-refractivity contribution in [3.05, 3.63) is 0 Å². The first-order valence-electron chi connectivity index (χ1n) is 6.88. The van der Waals surface area contributed by atoms with Crippen LogP contribution >= 0.6 is 0 Å². The Morgan fingerprint density at radius 1 is 1.35 bits per heavy atom. The maximum atomic E-state index is 11.5. The Labute approximate surface area is 105 Å². The summed E-state index contributed by atoms with van der Waals surface area (Å²) in [7, 11) is 0. The first-order valence-corrected chi connectivity index (χ1v) is 6.88. The summed E-state index contributed by atoms with van der Waals surface area (Å²) in [6.45, 7) is 9.06. The van der Waals surface area contributed by atoms with E-state index in [1.54, 1.807) is 0 Å². The molecule has 0 aromatic rings. The second-order valence-electron chi connectivity index (χ2n) is 5.58. The Bertz CT molecular complexity index is 238. The van der Waals surface area contributed by atoms with Crippen molar-refractivity contribution in [1.29, 1.82) is 0 Å². The molecule has 2 unspecified atom stereocenters. The zero-order chi connectivity index (χ0) is 12.8. The predicted molar refractivity (Wildman–Crippen MR) is 67.9 cm³/mol. The molecule has 0 aromatic carbocycles. The Kier molecular flexibility index (Phi) is 5.79. The molecule has 1 saturated carbocycles. The van der Waals surface area contributed by atoms with Gasteiger partial charge in [0.25, 0.3) is 0 Å². The van der Waals surface area contributed by atoms with Crippen LogP contribution in [0, 0.1) is 17.8 Å². The van der Waals surface area contributed by atoms with E-state index in [0.29, 0.717) is 24.4 Å². The third kappa shape index (κ3) is 4.57. The van der Waals surface area contributed by atoms with Crippen LogP contribution in [-0.2, 0) is 9.47 Å². The van der Waals surface area contributed by atoms with Gasteiger partial charge in [-0.05, 0) is 37.0 Å². The van der Waals surface area contributed by atoms with Crippen LogP contribution in [0.5, 0.6) is 0 Å². The molecule has 0 amide bonds. The number of ether oxygens (including phenoxy) is 2. The molecule has 0 heterocycles. The monoisotopic (exact) mass is 242 g/mol. The molecule has 0 aromatic heterocycles. The van der Waals surface area contributed by atoms with Gasteiger partial charge < -0.3 is 9.47 Å². The van der Waals surface area contributed by atoms with Gasteiger partial charge in [0.05, 0.1) is 6.61 Å². The van der Waals surface area contributed by atoms with Crippen LogP contribution in [0.1, 0.15) is 53.4 Å². The van der Waals surface area contributed by atoms with Crippen molar-refractivity contribution in [2.24, 2.45) is 17.8 Å². The molecule has 0 N–H and O–H groups in total. The van der Waals surface area contributed by atoms with E-state index in [-0.39, 0.29) is 6.10 Å². The molecule has 100 valence electrons. The third-order valence-corrected chi connectivity index (χ3v) is 3.63. The predicted octanol–water partition coefficient (Wildman–Crippen LogP) is 4.01. The summed E-state index contributed by atoms with van der Waals surface area (Å²) in [4.78, 5) is 11.5. The highest BCUT2D eigenvalue weighted by molar-refractivity contribution is 5.60. The van der Waals surface area contributed by atoms with E-state index < -0.39 is 6.16 Å². The lowest BCUT2D eigenvalue weighted by molar-refractivity contribution is -0.0317. The van der Waals surface area contributed by atoms with E-state index in [4.69, 9.17) is 9.47 Å². The first-order chi connectivity index (χ1) is 8.04. The fourth-order valence-corrected chi connectivity index (χ4v) is 2.59. The number of hydrogen-bond donors (Lipinski definition) is 0. The van der Waals surface area contributed by atoms with Gasteiger partial charge in [-0.3, -0.25) is 0 Å². The maximum absolute atomic E-state index is 11.5. The van der Waals surface area contributed by atoms with Gasteiger partial charge in [0.15, 0.2) is 0 Å². The molecule has 0 bridgehead atoms. The van der Waals surface area contributed by atoms with E-state index in [0.717, 1.165) is 19.3 Å². The van der Waals surface area contributed by atoms with Crippen molar-refractivity contribution in [3.8, 4) is 0 Å². The summed E-state index contributed by atoms with van der Waals surface area (Å²) < 4.78 is 10.5. The van der Waals surface area contributed by atoms with E-state index in [1.807, 2.05) is 6.92 Å². The van der Waals surface area contributed by atoms with Crippen molar-refractivity contribution >= 4 is 6.16 Å². The van der Waals surface area contributed by atoms with Gasteiger partial charge in [0, 0.05) is 0 Å². The molecule has 1 aliphatic rings. The minimum Gasteiger partial charge on any atom is -0.434 e. The van der Waals surface area contributed by atoms with Crippen molar-refractivity contribution in [2.45, 2.75) is 59.5 Å². The number of carbonyl (C=O) groups excluding carboxylic acids is 1. The van der Waals surface area contributed by atoms with Gasteiger partial charge >= 0.3 is 6.16 Å². The molecule has 0 saturated heterocycles. The highest BCUT2D eigenvalue weighted by Gasteiger charge is 2.33. The highest BCUT2D eigenvalue weighted by atomic mass is 16.7. The SMILES string of the molecule is CCCOC(=O)OC1CC(C)CC[C@H]1C(C)C. The van der Waals surface area contributed by atoms with Gasteiger partial charge in [-0.25, -0.2) is 4.79 Å². The standard InChI is InChI=1S/C14H26O3/c1-5-8-16-14(15)17-13-9-11(4)6-7-12(13)10(2)3/h10-13H,5-9H2,1-4H3/t11?,12-,13?/m0/s1. The van der Waals surface area contributed by atoms with Crippen molar-refractivity contribution in [2.75, 3.05) is 6.61 Å². The fourth-order valence-electron chi connectivity index (χ4n) is 2.59. The van der Waals surface area contributed by atoms with E-state index >= 15 is 0 Å². The van der Waals surface area contributed by atoms with Crippen LogP contribution in [-0.4, -0.2) is 18.9 Å². The largest absolute Gasteiger partial charge is 0.508 e. The second kappa shape index (κ2) is 6.87. The summed E-state index contributed by atoms with van der Waals surface area (Å²) in [6.07, 6.45) is 3.77. The first kappa shape index (κ1) is 14.3. The molecule has 1 fully saturated rings. The second-order valence-corrected chi connectivity index (χ2v) is 5.58. The Balaban J connectivity index is 2.48. The smallest absolute Gasteiger partial charge is 0.434 e. The van der Waals surface area contributed by atoms with Gasteiger partial charge in [0.2, 0.25) is 0 Å². The highest BCUT2D eigenvalue weighted by Crippen LogP contribution is 2.35. The molecule has 1 rings (SSSR count). The zero-order valence-electron chi connectivity index (χ0n) is 11.6. The molecular formula is C14H26O3. The summed E-state index contributed by atoms with van der Waals surface area (Å²) in [5, 5.41) is 0. The minimum absolute atomic E-state index is 0.0445.